The maximum atomic E-state index is 12.2. The smallest absolute Gasteiger partial charge is 0.408 e. The van der Waals surface area contributed by atoms with E-state index >= 15 is 0 Å². The van der Waals surface area contributed by atoms with E-state index < -0.39 is 27.8 Å². The van der Waals surface area contributed by atoms with Crippen LogP contribution in [0, 0.1) is 18.3 Å². The van der Waals surface area contributed by atoms with Crippen molar-refractivity contribution in [1.82, 2.24) is 15.5 Å². The number of hydrogen-bond donors (Lipinski definition) is 1. The highest BCUT2D eigenvalue weighted by atomic mass is 32.2. The highest BCUT2D eigenvalue weighted by molar-refractivity contribution is 7.92. The van der Waals surface area contributed by atoms with E-state index in [1.807, 2.05) is 18.2 Å². The van der Waals surface area contributed by atoms with Gasteiger partial charge in [-0.2, -0.15) is 5.26 Å². The summed E-state index contributed by atoms with van der Waals surface area (Å²) in [6.07, 6.45) is 0.467. The molecule has 4 rings (SSSR count). The van der Waals surface area contributed by atoms with Crippen molar-refractivity contribution in [1.29, 1.82) is 5.26 Å². The number of carbonyl (C=O) groups is 1. The van der Waals surface area contributed by atoms with Crippen molar-refractivity contribution >= 4 is 21.8 Å². The summed E-state index contributed by atoms with van der Waals surface area (Å²) >= 11 is 0. The summed E-state index contributed by atoms with van der Waals surface area (Å²) in [5.74, 6) is 0.268. The molecule has 10 nitrogen and oxygen atoms in total. The first kappa shape index (κ1) is 31.8. The van der Waals surface area contributed by atoms with Crippen molar-refractivity contribution in [3.63, 3.8) is 0 Å². The van der Waals surface area contributed by atoms with Gasteiger partial charge < -0.3 is 14.5 Å². The third-order valence-electron chi connectivity index (χ3n) is 5.87. The lowest BCUT2D eigenvalue weighted by Gasteiger charge is -2.20. The van der Waals surface area contributed by atoms with Gasteiger partial charge in [-0.25, -0.2) is 13.2 Å². The van der Waals surface area contributed by atoms with Crippen LogP contribution in [0.4, 0.5) is 10.5 Å². The largest absolute Gasteiger partial charge is 0.444 e. The van der Waals surface area contributed by atoms with E-state index in [1.165, 1.54) is 12.6 Å². The lowest BCUT2D eigenvalue weighted by molar-refractivity contribution is 0.0501. The quantitative estimate of drug-likeness (QED) is 0.278. The number of anilines is 1. The highest BCUT2D eigenvalue weighted by Gasteiger charge is 2.23. The van der Waals surface area contributed by atoms with Gasteiger partial charge in [-0.3, -0.25) is 4.31 Å². The molecule has 0 aliphatic heterocycles. The molecular formula is C31H35N5O5S. The lowest BCUT2D eigenvalue weighted by atomic mass is 9.98. The van der Waals surface area contributed by atoms with Gasteiger partial charge in [0.15, 0.2) is 0 Å². The Kier molecular flexibility index (Phi) is 10.1. The standard InChI is InChI=1S/C24H27N5O5S.C7H8/c1-15(26-23(30)34-24(2,3)4)21-27-28-22(33-21)18-11-17(20-10-8-7-9-16(20)14-25)12-19(13-18)29(5)35(6,31)32;1-7-5-3-2-4-6-7/h7-13,15H,1-6H3,(H,26,30);2-6H,1H3. The maximum Gasteiger partial charge on any atom is 0.408 e. The average Bonchev–Trinajstić information content (AvgIpc) is 3.42. The second kappa shape index (κ2) is 13.3. The number of aryl methyl sites for hydroxylation is 1. The lowest BCUT2D eigenvalue weighted by Crippen LogP contribution is -2.34. The Labute approximate surface area is 247 Å². The van der Waals surface area contributed by atoms with Crippen molar-refractivity contribution < 1.29 is 22.4 Å². The summed E-state index contributed by atoms with van der Waals surface area (Å²) in [7, 11) is -2.13. The second-order valence-electron chi connectivity index (χ2n) is 10.6. The van der Waals surface area contributed by atoms with E-state index in [0.29, 0.717) is 27.9 Å². The number of rotatable bonds is 6. The summed E-state index contributed by atoms with van der Waals surface area (Å²) in [6, 6.07) is 23.8. The molecule has 220 valence electrons. The number of alkyl carbamates (subject to hydrolysis) is 1. The van der Waals surface area contributed by atoms with Crippen molar-refractivity contribution in [3.05, 3.63) is 89.8 Å². The van der Waals surface area contributed by atoms with E-state index in [0.717, 1.165) is 10.6 Å². The Morgan fingerprint density at radius 1 is 1.02 bits per heavy atom. The van der Waals surface area contributed by atoms with E-state index in [2.05, 4.69) is 40.6 Å². The summed E-state index contributed by atoms with van der Waals surface area (Å²) < 4.78 is 36.6. The number of nitrogens with one attached hydrogen (secondary N) is 1. The molecule has 11 heteroatoms. The molecule has 1 atom stereocenters. The van der Waals surface area contributed by atoms with Crippen LogP contribution < -0.4 is 9.62 Å². The van der Waals surface area contributed by atoms with Gasteiger partial charge in [0.2, 0.25) is 21.8 Å². The molecule has 0 saturated carbocycles. The predicted molar refractivity (Wildman–Crippen MR) is 162 cm³/mol. The summed E-state index contributed by atoms with van der Waals surface area (Å²) in [6.45, 7) is 9.02. The summed E-state index contributed by atoms with van der Waals surface area (Å²) in [5, 5.41) is 20.3. The molecule has 3 aromatic carbocycles. The normalized spacial score (nSPS) is 11.9. The van der Waals surface area contributed by atoms with Crippen molar-refractivity contribution in [2.45, 2.75) is 46.3 Å². The number of benzene rings is 3. The van der Waals surface area contributed by atoms with Gasteiger partial charge >= 0.3 is 6.09 Å². The van der Waals surface area contributed by atoms with Crippen LogP contribution in [0.2, 0.25) is 0 Å². The van der Waals surface area contributed by atoms with Crippen LogP contribution in [0.3, 0.4) is 0 Å². The van der Waals surface area contributed by atoms with Crippen molar-refractivity contribution in [2.75, 3.05) is 17.6 Å². The molecule has 0 radical (unpaired) electrons. The van der Waals surface area contributed by atoms with Gasteiger partial charge in [0.1, 0.15) is 11.6 Å². The molecule has 1 heterocycles. The number of nitrogens with zero attached hydrogens (tertiary/aromatic N) is 4. The molecule has 0 aliphatic rings. The zero-order valence-corrected chi connectivity index (χ0v) is 25.6. The van der Waals surface area contributed by atoms with E-state index in [9.17, 15) is 18.5 Å². The Morgan fingerprint density at radius 3 is 2.21 bits per heavy atom. The molecule has 1 amide bonds. The van der Waals surface area contributed by atoms with Gasteiger partial charge in [-0.1, -0.05) is 54.1 Å². The zero-order chi connectivity index (χ0) is 31.1. The van der Waals surface area contributed by atoms with Gasteiger partial charge in [0, 0.05) is 12.6 Å². The molecule has 0 saturated heterocycles. The molecule has 0 aliphatic carbocycles. The Balaban J connectivity index is 0.000000603. The third kappa shape index (κ3) is 8.91. The molecular weight excluding hydrogens is 554 g/mol. The minimum absolute atomic E-state index is 0.122. The summed E-state index contributed by atoms with van der Waals surface area (Å²) in [4.78, 5) is 12.1. The number of hydrogen-bond acceptors (Lipinski definition) is 8. The van der Waals surface area contributed by atoms with E-state index in [1.54, 1.807) is 70.2 Å². The third-order valence-corrected chi connectivity index (χ3v) is 7.07. The van der Waals surface area contributed by atoms with Crippen molar-refractivity contribution in [2.24, 2.45) is 0 Å². The molecule has 1 unspecified atom stereocenters. The van der Waals surface area contributed by atoms with Crippen LogP contribution in [-0.2, 0) is 14.8 Å². The Morgan fingerprint density at radius 2 is 1.64 bits per heavy atom. The number of sulfonamides is 1. The number of amides is 1. The Hall–Kier alpha value is -4.69. The number of carbonyl (C=O) groups excluding carboxylic acids is 1. The number of aromatic nitrogens is 2. The molecule has 0 fully saturated rings. The SMILES string of the molecule is CC(NC(=O)OC(C)(C)C)c1nnc(-c2cc(-c3ccccc3C#N)cc(N(C)S(C)(=O)=O)c2)o1.Cc1ccccc1. The van der Waals surface area contributed by atoms with Gasteiger partial charge in [-0.05, 0) is 70.0 Å². The van der Waals surface area contributed by atoms with Gasteiger partial charge in [-0.15, -0.1) is 10.2 Å². The average molecular weight is 590 g/mol. The van der Waals surface area contributed by atoms with Crippen LogP contribution in [0.1, 0.15) is 50.8 Å². The molecule has 4 aromatic rings. The fourth-order valence-electron chi connectivity index (χ4n) is 3.70. The van der Waals surface area contributed by atoms with Gasteiger partial charge in [0.25, 0.3) is 0 Å². The highest BCUT2D eigenvalue weighted by Crippen LogP contribution is 2.34. The topological polar surface area (TPSA) is 138 Å². The van der Waals surface area contributed by atoms with Gasteiger partial charge in [0.05, 0.1) is 23.6 Å². The first-order valence-electron chi connectivity index (χ1n) is 13.1. The Bertz CT molecular complexity index is 1670. The van der Waals surface area contributed by atoms with Crippen molar-refractivity contribution in [3.8, 4) is 28.7 Å². The fraction of sp³-hybridized carbons (Fsp3) is 0.290. The second-order valence-corrected chi connectivity index (χ2v) is 12.6. The number of ether oxygens (including phenoxy) is 1. The van der Waals surface area contributed by atoms with Crippen LogP contribution >= 0.6 is 0 Å². The molecule has 0 bridgehead atoms. The molecule has 1 N–H and O–H groups in total. The molecule has 0 spiro atoms. The maximum absolute atomic E-state index is 12.2. The minimum Gasteiger partial charge on any atom is -0.444 e. The van der Waals surface area contributed by atoms with Crippen LogP contribution in [0.15, 0.2) is 77.2 Å². The fourth-order valence-corrected chi connectivity index (χ4v) is 4.19. The van der Waals surface area contributed by atoms with Crippen LogP contribution in [-0.4, -0.2) is 43.6 Å². The molecule has 42 heavy (non-hydrogen) atoms. The zero-order valence-electron chi connectivity index (χ0n) is 24.7. The monoisotopic (exact) mass is 589 g/mol. The van der Waals surface area contributed by atoms with E-state index in [4.69, 9.17) is 9.15 Å². The van der Waals surface area contributed by atoms with Crippen LogP contribution in [0.5, 0.6) is 0 Å². The minimum atomic E-state index is -3.57. The van der Waals surface area contributed by atoms with E-state index in [-0.39, 0.29) is 11.8 Å². The first-order chi connectivity index (χ1) is 19.7. The van der Waals surface area contributed by atoms with Crippen LogP contribution in [0.25, 0.3) is 22.6 Å². The number of nitriles is 1. The summed E-state index contributed by atoms with van der Waals surface area (Å²) in [5.41, 5.74) is 3.12. The molecule has 1 aromatic heterocycles. The first-order valence-corrected chi connectivity index (χ1v) is 15.0. The predicted octanol–water partition coefficient (Wildman–Crippen LogP) is 6.25.